The second-order valence-electron chi connectivity index (χ2n) is 3.60. The lowest BCUT2D eigenvalue weighted by atomic mass is 10.2. The highest BCUT2D eigenvalue weighted by molar-refractivity contribution is 8.13. The molecule has 0 spiro atoms. The molecule has 0 aliphatic heterocycles. The van der Waals surface area contributed by atoms with E-state index in [0.717, 1.165) is 0 Å². The first-order valence-corrected chi connectivity index (χ1v) is 7.75. The summed E-state index contributed by atoms with van der Waals surface area (Å²) in [5.41, 5.74) is 1.52. The number of aromatic nitrogens is 4. The summed E-state index contributed by atoms with van der Waals surface area (Å²) in [7, 11) is 1.58. The number of hydrogen-bond acceptors (Lipinski definition) is 5. The molecule has 8 heteroatoms. The molecule has 0 saturated carbocycles. The van der Waals surface area contributed by atoms with Gasteiger partial charge in [0.05, 0.1) is 5.69 Å². The highest BCUT2D eigenvalue weighted by Crippen LogP contribution is 2.22. The van der Waals surface area contributed by atoms with Crippen molar-refractivity contribution in [3.05, 3.63) is 30.1 Å². The third kappa shape index (κ3) is 2.85. The number of rotatable bonds is 4. The quantitative estimate of drug-likeness (QED) is 0.795. The van der Waals surface area contributed by atoms with Crippen molar-refractivity contribution in [1.82, 2.24) is 20.0 Å². The Morgan fingerprint density at radius 2 is 2.17 bits per heavy atom. The zero-order chi connectivity index (χ0) is 13.2. The van der Waals surface area contributed by atoms with Crippen LogP contribution in [0, 0.1) is 0 Å². The third-order valence-corrected chi connectivity index (χ3v) is 3.27. The first-order chi connectivity index (χ1) is 8.51. The average Bonchev–Trinajstić information content (AvgIpc) is 2.70. The Kier molecular flexibility index (Phi) is 3.63. The lowest BCUT2D eigenvalue weighted by molar-refractivity contribution is 0.608. The fourth-order valence-electron chi connectivity index (χ4n) is 1.61. The Labute approximate surface area is 109 Å². The predicted octanol–water partition coefficient (Wildman–Crippen LogP) is 1.43. The normalized spacial score (nSPS) is 11.7. The molecule has 2 aromatic heterocycles. The second kappa shape index (κ2) is 5.03. The van der Waals surface area contributed by atoms with Crippen molar-refractivity contribution < 1.29 is 8.42 Å². The van der Waals surface area contributed by atoms with Gasteiger partial charge in [-0.05, 0) is 19.1 Å². The van der Waals surface area contributed by atoms with Gasteiger partial charge in [0.1, 0.15) is 17.1 Å². The fraction of sp³-hybridized carbons (Fsp3) is 0.300. The Hall–Kier alpha value is -1.47. The molecular weight excluding hydrogens is 276 g/mol. The van der Waals surface area contributed by atoms with Gasteiger partial charge in [-0.2, -0.15) is 0 Å². The van der Waals surface area contributed by atoms with Crippen molar-refractivity contribution in [2.45, 2.75) is 19.2 Å². The molecule has 0 fully saturated rings. The van der Waals surface area contributed by atoms with Crippen LogP contribution in [0.3, 0.4) is 0 Å². The summed E-state index contributed by atoms with van der Waals surface area (Å²) in [4.78, 5) is 4.18. The Morgan fingerprint density at radius 3 is 2.72 bits per heavy atom. The zero-order valence-electron chi connectivity index (χ0n) is 9.62. The Balaban J connectivity index is 2.53. The monoisotopic (exact) mass is 286 g/mol. The van der Waals surface area contributed by atoms with E-state index in [4.69, 9.17) is 10.7 Å². The molecular formula is C10H11ClN4O2S. The van der Waals surface area contributed by atoms with Gasteiger partial charge in [-0.25, -0.2) is 13.1 Å². The van der Waals surface area contributed by atoms with Crippen LogP contribution in [0.4, 0.5) is 0 Å². The van der Waals surface area contributed by atoms with Crippen LogP contribution in [0.2, 0.25) is 0 Å². The lowest BCUT2D eigenvalue weighted by Crippen LogP contribution is -2.03. The molecule has 2 heterocycles. The molecule has 18 heavy (non-hydrogen) atoms. The first kappa shape index (κ1) is 13.0. The van der Waals surface area contributed by atoms with Gasteiger partial charge in [-0.3, -0.25) is 4.98 Å². The number of nitrogens with zero attached hydrogens (tertiary/aromatic N) is 4. The van der Waals surface area contributed by atoms with E-state index in [1.807, 2.05) is 13.0 Å². The largest absolute Gasteiger partial charge is 0.255 e. The van der Waals surface area contributed by atoms with E-state index in [2.05, 4.69) is 15.3 Å². The maximum Gasteiger partial charge on any atom is 0.238 e. The summed E-state index contributed by atoms with van der Waals surface area (Å²) in [6.45, 7) is 2.46. The van der Waals surface area contributed by atoms with Crippen molar-refractivity contribution in [1.29, 1.82) is 0 Å². The molecule has 0 atom stereocenters. The molecule has 96 valence electrons. The van der Waals surface area contributed by atoms with Crippen molar-refractivity contribution >= 4 is 19.7 Å². The summed E-state index contributed by atoms with van der Waals surface area (Å²) in [6.07, 6.45) is 1.63. The van der Waals surface area contributed by atoms with Crippen molar-refractivity contribution in [2.24, 2.45) is 0 Å². The van der Waals surface area contributed by atoms with Crippen molar-refractivity contribution in [2.75, 3.05) is 0 Å². The smallest absolute Gasteiger partial charge is 0.238 e. The number of halogens is 1. The van der Waals surface area contributed by atoms with Crippen molar-refractivity contribution in [3.63, 3.8) is 0 Å². The SMILES string of the molecule is CCn1nnc(CS(=O)(=O)Cl)c1-c1ccccn1. The van der Waals surface area contributed by atoms with Gasteiger partial charge in [0.25, 0.3) is 0 Å². The van der Waals surface area contributed by atoms with Crippen LogP contribution in [0.15, 0.2) is 24.4 Å². The summed E-state index contributed by atoms with van der Waals surface area (Å²) in [5, 5.41) is 7.76. The van der Waals surface area contributed by atoms with E-state index in [9.17, 15) is 8.42 Å². The minimum Gasteiger partial charge on any atom is -0.255 e. The van der Waals surface area contributed by atoms with Gasteiger partial charge in [-0.1, -0.05) is 11.3 Å². The van der Waals surface area contributed by atoms with E-state index < -0.39 is 9.05 Å². The molecule has 0 aliphatic carbocycles. The number of hydrogen-bond donors (Lipinski definition) is 0. The second-order valence-corrected chi connectivity index (χ2v) is 6.38. The van der Waals surface area contributed by atoms with Gasteiger partial charge in [-0.15, -0.1) is 5.10 Å². The van der Waals surface area contributed by atoms with Crippen LogP contribution >= 0.6 is 10.7 Å². The summed E-state index contributed by atoms with van der Waals surface area (Å²) in [5.74, 6) is -0.361. The third-order valence-electron chi connectivity index (χ3n) is 2.32. The van der Waals surface area contributed by atoms with E-state index in [0.29, 0.717) is 23.6 Å². The van der Waals surface area contributed by atoms with E-state index in [-0.39, 0.29) is 5.75 Å². The highest BCUT2D eigenvalue weighted by atomic mass is 35.7. The van der Waals surface area contributed by atoms with Crippen LogP contribution in [0.5, 0.6) is 0 Å². The summed E-state index contributed by atoms with van der Waals surface area (Å²) in [6, 6.07) is 5.37. The van der Waals surface area contributed by atoms with Crippen molar-refractivity contribution in [3.8, 4) is 11.4 Å². The lowest BCUT2D eigenvalue weighted by Gasteiger charge is -2.04. The Morgan fingerprint density at radius 1 is 1.39 bits per heavy atom. The van der Waals surface area contributed by atoms with Crippen LogP contribution in [-0.4, -0.2) is 28.4 Å². The van der Waals surface area contributed by atoms with E-state index >= 15 is 0 Å². The molecule has 0 aromatic carbocycles. The maximum atomic E-state index is 11.1. The number of pyridine rings is 1. The molecule has 0 radical (unpaired) electrons. The van der Waals surface area contributed by atoms with Crippen LogP contribution in [0.25, 0.3) is 11.4 Å². The average molecular weight is 287 g/mol. The molecule has 0 bridgehead atoms. The molecule has 6 nitrogen and oxygen atoms in total. The maximum absolute atomic E-state index is 11.1. The van der Waals surface area contributed by atoms with Crippen LogP contribution in [0.1, 0.15) is 12.6 Å². The Bertz CT molecular complexity index is 639. The minimum absolute atomic E-state index is 0.311. The van der Waals surface area contributed by atoms with E-state index in [1.54, 1.807) is 23.0 Å². The first-order valence-electron chi connectivity index (χ1n) is 5.27. The van der Waals surface area contributed by atoms with Gasteiger partial charge in [0.2, 0.25) is 9.05 Å². The fourth-order valence-corrected chi connectivity index (χ4v) is 2.44. The molecule has 0 N–H and O–H groups in total. The van der Waals surface area contributed by atoms with Gasteiger partial charge in [0.15, 0.2) is 0 Å². The molecule has 0 unspecified atom stereocenters. The van der Waals surface area contributed by atoms with Gasteiger partial charge >= 0.3 is 0 Å². The zero-order valence-corrected chi connectivity index (χ0v) is 11.2. The number of aryl methyl sites for hydroxylation is 1. The van der Waals surface area contributed by atoms with E-state index in [1.165, 1.54) is 0 Å². The molecule has 0 aliphatic rings. The predicted molar refractivity (Wildman–Crippen MR) is 67.4 cm³/mol. The minimum atomic E-state index is -3.67. The topological polar surface area (TPSA) is 77.7 Å². The van der Waals surface area contributed by atoms with Crippen LogP contribution in [-0.2, 0) is 21.3 Å². The highest BCUT2D eigenvalue weighted by Gasteiger charge is 2.19. The van der Waals surface area contributed by atoms with Gasteiger partial charge < -0.3 is 0 Å². The summed E-state index contributed by atoms with van der Waals surface area (Å²) >= 11 is 0. The standard InChI is InChI=1S/C10H11ClN4O2S/c1-2-15-10(8-5-3-4-6-12-8)9(13-14-15)7-18(11,16)17/h3-6H,2,7H2,1H3. The summed E-state index contributed by atoms with van der Waals surface area (Å²) < 4.78 is 23.9. The molecule has 2 rings (SSSR count). The molecule has 0 saturated heterocycles. The van der Waals surface area contributed by atoms with Gasteiger partial charge in [0, 0.05) is 23.4 Å². The van der Waals surface area contributed by atoms with Crippen LogP contribution < -0.4 is 0 Å². The molecule has 2 aromatic rings. The molecule has 0 amide bonds.